The fourth-order valence-corrected chi connectivity index (χ4v) is 5.09. The van der Waals surface area contributed by atoms with E-state index in [4.69, 9.17) is 11.6 Å². The maximum absolute atomic E-state index is 14.3. The highest BCUT2D eigenvalue weighted by atomic mass is 35.5. The first-order chi connectivity index (χ1) is 14.4. The van der Waals surface area contributed by atoms with Gasteiger partial charge in [-0.3, -0.25) is 9.36 Å². The fraction of sp³-hybridized carbons (Fsp3) is 0.292. The number of hydrogen-bond donors (Lipinski definition) is 0. The van der Waals surface area contributed by atoms with Crippen molar-refractivity contribution in [1.29, 1.82) is 0 Å². The summed E-state index contributed by atoms with van der Waals surface area (Å²) >= 11 is 5.84. The molecule has 4 nitrogen and oxygen atoms in total. The van der Waals surface area contributed by atoms with Crippen LogP contribution in [0.4, 0.5) is 10.1 Å². The van der Waals surface area contributed by atoms with Crippen molar-refractivity contribution >= 4 is 17.3 Å². The molecule has 0 bridgehead atoms. The molecule has 3 aromatic rings. The van der Waals surface area contributed by atoms with Crippen LogP contribution in [0.1, 0.15) is 17.9 Å². The maximum Gasteiger partial charge on any atom is 0.255 e. The van der Waals surface area contributed by atoms with Crippen molar-refractivity contribution in [2.45, 2.75) is 18.4 Å². The molecule has 0 N–H and O–H groups in total. The summed E-state index contributed by atoms with van der Waals surface area (Å²) in [5, 5.41) is 0.332. The molecule has 0 saturated carbocycles. The summed E-state index contributed by atoms with van der Waals surface area (Å²) in [6, 6.07) is 14.5. The molecule has 0 aliphatic carbocycles. The number of nitrogens with zero attached hydrogens (tertiary/aromatic N) is 3. The highest BCUT2D eigenvalue weighted by molar-refractivity contribution is 6.30. The molecule has 154 valence electrons. The van der Waals surface area contributed by atoms with Crippen LogP contribution in [0.2, 0.25) is 5.02 Å². The van der Waals surface area contributed by atoms with Crippen LogP contribution in [0.15, 0.2) is 59.5 Å². The van der Waals surface area contributed by atoms with Gasteiger partial charge in [0.25, 0.3) is 5.56 Å². The highest BCUT2D eigenvalue weighted by Gasteiger charge is 2.39. The zero-order valence-electron chi connectivity index (χ0n) is 17.0. The number of likely N-dealkylation sites (N-methyl/N-ethyl adjacent to an activating group) is 2. The van der Waals surface area contributed by atoms with Gasteiger partial charge in [-0.25, -0.2) is 4.39 Å². The number of hydrogen-bond acceptors (Lipinski definition) is 3. The normalized spacial score (nSPS) is 20.9. The molecule has 6 heteroatoms. The minimum absolute atomic E-state index is 0.195. The molecule has 2 aliphatic rings. The summed E-state index contributed by atoms with van der Waals surface area (Å²) in [5.41, 5.74) is 4.08. The molecule has 2 unspecified atom stereocenters. The smallest absolute Gasteiger partial charge is 0.255 e. The summed E-state index contributed by atoms with van der Waals surface area (Å²) in [4.78, 5) is 17.6. The number of pyridine rings is 1. The van der Waals surface area contributed by atoms with E-state index in [1.807, 2.05) is 6.07 Å². The van der Waals surface area contributed by atoms with E-state index in [9.17, 15) is 9.18 Å². The Labute approximate surface area is 180 Å². The van der Waals surface area contributed by atoms with E-state index < -0.39 is 5.82 Å². The molecule has 5 rings (SSSR count). The average molecular weight is 424 g/mol. The van der Waals surface area contributed by atoms with Crippen molar-refractivity contribution in [3.05, 3.63) is 81.5 Å². The number of fused-ring (bicyclic) bond motifs is 3. The van der Waals surface area contributed by atoms with Gasteiger partial charge in [-0.15, -0.1) is 0 Å². The van der Waals surface area contributed by atoms with Crippen LogP contribution in [-0.4, -0.2) is 42.7 Å². The van der Waals surface area contributed by atoms with Crippen LogP contribution in [0.25, 0.3) is 16.8 Å². The Bertz CT molecular complexity index is 1190. The van der Waals surface area contributed by atoms with E-state index in [1.54, 1.807) is 29.0 Å². The van der Waals surface area contributed by atoms with Gasteiger partial charge in [0.05, 0.1) is 5.69 Å². The van der Waals surface area contributed by atoms with Gasteiger partial charge in [0.1, 0.15) is 5.82 Å². The van der Waals surface area contributed by atoms with E-state index >= 15 is 0 Å². The molecule has 1 fully saturated rings. The molecule has 1 saturated heterocycles. The number of rotatable bonds is 2. The van der Waals surface area contributed by atoms with Crippen molar-refractivity contribution in [2.24, 2.45) is 0 Å². The lowest BCUT2D eigenvalue weighted by Gasteiger charge is -2.35. The van der Waals surface area contributed by atoms with Gasteiger partial charge in [0.15, 0.2) is 0 Å². The third-order valence-electron chi connectivity index (χ3n) is 6.51. The van der Waals surface area contributed by atoms with Gasteiger partial charge in [-0.05, 0) is 67.5 Å². The first kappa shape index (κ1) is 19.3. The lowest BCUT2D eigenvalue weighted by molar-refractivity contribution is 0.234. The molecular weight excluding hydrogens is 401 g/mol. The molecule has 1 aromatic heterocycles. The lowest BCUT2D eigenvalue weighted by Crippen LogP contribution is -2.43. The number of halogens is 2. The molecule has 2 aromatic carbocycles. The van der Waals surface area contributed by atoms with Gasteiger partial charge in [0, 0.05) is 54.1 Å². The Morgan fingerprint density at radius 1 is 1.07 bits per heavy atom. The van der Waals surface area contributed by atoms with Crippen LogP contribution >= 0.6 is 11.6 Å². The minimum Gasteiger partial charge on any atom is -0.371 e. The molecule has 3 heterocycles. The minimum atomic E-state index is -0.439. The number of piperidine rings is 1. The molecule has 0 amide bonds. The van der Waals surface area contributed by atoms with E-state index in [0.29, 0.717) is 28.1 Å². The molecule has 2 aliphatic heterocycles. The number of aromatic nitrogens is 1. The van der Waals surface area contributed by atoms with Gasteiger partial charge >= 0.3 is 0 Å². The summed E-state index contributed by atoms with van der Waals surface area (Å²) < 4.78 is 15.9. The Kier molecular flexibility index (Phi) is 4.68. The third-order valence-corrected chi connectivity index (χ3v) is 6.75. The van der Waals surface area contributed by atoms with Gasteiger partial charge in [0.2, 0.25) is 0 Å². The summed E-state index contributed by atoms with van der Waals surface area (Å²) in [5.74, 6) is 0.0659. The van der Waals surface area contributed by atoms with Crippen LogP contribution in [-0.2, 0) is 0 Å². The van der Waals surface area contributed by atoms with Crippen molar-refractivity contribution in [1.82, 2.24) is 9.47 Å². The maximum atomic E-state index is 14.3. The van der Waals surface area contributed by atoms with Crippen LogP contribution in [0, 0.1) is 5.82 Å². The summed E-state index contributed by atoms with van der Waals surface area (Å²) in [6.07, 6.45) is 2.85. The lowest BCUT2D eigenvalue weighted by atomic mass is 9.89. The second kappa shape index (κ2) is 7.25. The van der Waals surface area contributed by atoms with Crippen molar-refractivity contribution in [3.8, 4) is 16.8 Å². The van der Waals surface area contributed by atoms with Crippen molar-refractivity contribution < 1.29 is 4.39 Å². The Hall–Kier alpha value is -2.63. The highest BCUT2D eigenvalue weighted by Crippen LogP contribution is 2.44. The molecule has 30 heavy (non-hydrogen) atoms. The summed E-state index contributed by atoms with van der Waals surface area (Å²) in [7, 11) is 4.32. The quantitative estimate of drug-likeness (QED) is 0.606. The standard InChI is InChI=1S/C24H23ClFN3O/c1-27-9-8-22-20(14-27)19-6-4-17(13-23(19)28(22)2)29-10-7-15(11-24(29)30)18-5-3-16(25)12-21(18)26/h3-7,10-13,20,22H,8-9,14H2,1-2H3. The molecule has 2 atom stereocenters. The third kappa shape index (κ3) is 3.13. The van der Waals surface area contributed by atoms with Gasteiger partial charge in [-0.1, -0.05) is 17.7 Å². The van der Waals surface area contributed by atoms with Crippen LogP contribution in [0.5, 0.6) is 0 Å². The van der Waals surface area contributed by atoms with Gasteiger partial charge < -0.3 is 9.80 Å². The topological polar surface area (TPSA) is 28.5 Å². The first-order valence-corrected chi connectivity index (χ1v) is 10.5. The first-order valence-electron chi connectivity index (χ1n) is 10.2. The SMILES string of the molecule is CN1CCC2C(C1)c1ccc(-n3ccc(-c4ccc(Cl)cc4F)cc3=O)cc1N2C. The summed E-state index contributed by atoms with van der Waals surface area (Å²) in [6.45, 7) is 2.16. The largest absolute Gasteiger partial charge is 0.371 e. The van der Waals surface area contributed by atoms with Gasteiger partial charge in [-0.2, -0.15) is 0 Å². The zero-order valence-corrected chi connectivity index (χ0v) is 17.7. The number of anilines is 1. The molecule has 0 radical (unpaired) electrons. The second-order valence-corrected chi connectivity index (χ2v) is 8.76. The zero-order chi connectivity index (χ0) is 21.0. The monoisotopic (exact) mass is 423 g/mol. The van der Waals surface area contributed by atoms with E-state index in [-0.39, 0.29) is 5.56 Å². The van der Waals surface area contributed by atoms with Crippen molar-refractivity contribution in [2.75, 3.05) is 32.1 Å². The number of benzene rings is 2. The Morgan fingerprint density at radius 2 is 1.90 bits per heavy atom. The van der Waals surface area contributed by atoms with E-state index in [2.05, 4.69) is 36.0 Å². The Morgan fingerprint density at radius 3 is 2.67 bits per heavy atom. The predicted molar refractivity (Wildman–Crippen MR) is 119 cm³/mol. The fourth-order valence-electron chi connectivity index (χ4n) is 4.93. The van der Waals surface area contributed by atoms with E-state index in [1.165, 1.54) is 23.4 Å². The Balaban J connectivity index is 1.51. The molecular formula is C24H23ClFN3O. The number of likely N-dealkylation sites (tertiary alicyclic amines) is 1. The van der Waals surface area contributed by atoms with Crippen LogP contribution in [0.3, 0.4) is 0 Å². The second-order valence-electron chi connectivity index (χ2n) is 8.33. The molecule has 0 spiro atoms. The van der Waals surface area contributed by atoms with Crippen LogP contribution < -0.4 is 10.5 Å². The average Bonchev–Trinajstić information content (AvgIpc) is 2.99. The predicted octanol–water partition coefficient (Wildman–Crippen LogP) is 4.53. The van der Waals surface area contributed by atoms with E-state index in [0.717, 1.165) is 25.2 Å². The van der Waals surface area contributed by atoms with Crippen molar-refractivity contribution in [3.63, 3.8) is 0 Å².